The van der Waals surface area contributed by atoms with Gasteiger partial charge in [0.2, 0.25) is 5.91 Å². The average molecular weight is 436 g/mol. The van der Waals surface area contributed by atoms with Crippen molar-refractivity contribution in [2.75, 3.05) is 16.8 Å². The van der Waals surface area contributed by atoms with Crippen LogP contribution in [0.2, 0.25) is 0 Å². The van der Waals surface area contributed by atoms with Gasteiger partial charge in [0.1, 0.15) is 12.1 Å². The van der Waals surface area contributed by atoms with E-state index < -0.39 is 41.7 Å². The quantitative estimate of drug-likeness (QED) is 0.587. The lowest BCUT2D eigenvalue weighted by Crippen LogP contribution is -2.59. The first-order valence-corrected chi connectivity index (χ1v) is 9.81. The van der Waals surface area contributed by atoms with Gasteiger partial charge in [-0.1, -0.05) is 24.3 Å². The van der Waals surface area contributed by atoms with Gasteiger partial charge in [-0.3, -0.25) is 34.0 Å². The van der Waals surface area contributed by atoms with E-state index in [4.69, 9.17) is 4.74 Å². The third-order valence-electron chi connectivity index (χ3n) is 5.28. The lowest BCUT2D eigenvalue weighted by Gasteiger charge is -2.41. The lowest BCUT2D eigenvalue weighted by molar-refractivity contribution is -0.149. The Balaban J connectivity index is 1.51. The normalized spacial score (nSPS) is 14.6. The van der Waals surface area contributed by atoms with Gasteiger partial charge < -0.3 is 10.1 Å². The van der Waals surface area contributed by atoms with E-state index in [1.54, 1.807) is 50.2 Å². The van der Waals surface area contributed by atoms with E-state index in [1.165, 1.54) is 17.0 Å². The van der Waals surface area contributed by atoms with Crippen molar-refractivity contribution in [1.29, 1.82) is 0 Å². The number of amides is 2. The highest BCUT2D eigenvalue weighted by Gasteiger charge is 2.43. The van der Waals surface area contributed by atoms with Crippen molar-refractivity contribution in [3.05, 3.63) is 69.2 Å². The summed E-state index contributed by atoms with van der Waals surface area (Å²) in [6, 6.07) is 13.0. The number of ether oxygens (including phenoxy) is 1. The highest BCUT2D eigenvalue weighted by Crippen LogP contribution is 2.36. The van der Waals surface area contributed by atoms with Gasteiger partial charge in [-0.25, -0.2) is 4.68 Å². The summed E-state index contributed by atoms with van der Waals surface area (Å²) in [7, 11) is 0. The summed E-state index contributed by atoms with van der Waals surface area (Å²) in [5.41, 5.74) is -1.35. The molecule has 2 aromatic carbocycles. The number of hydrogen-bond acceptors (Lipinski definition) is 6. The van der Waals surface area contributed by atoms with Crippen LogP contribution >= 0.6 is 0 Å². The van der Waals surface area contributed by atoms with Crippen molar-refractivity contribution in [2.24, 2.45) is 0 Å². The van der Waals surface area contributed by atoms with Crippen LogP contribution < -0.4 is 21.3 Å². The van der Waals surface area contributed by atoms with Crippen LogP contribution in [0.5, 0.6) is 0 Å². The Morgan fingerprint density at radius 1 is 0.969 bits per heavy atom. The molecule has 4 rings (SSSR count). The van der Waals surface area contributed by atoms with Crippen molar-refractivity contribution in [1.82, 2.24) is 9.78 Å². The zero-order valence-electron chi connectivity index (χ0n) is 17.4. The third-order valence-corrected chi connectivity index (χ3v) is 5.28. The number of aromatic nitrogens is 2. The van der Waals surface area contributed by atoms with Crippen LogP contribution in [0.4, 0.5) is 11.4 Å². The molecule has 0 saturated heterocycles. The second-order valence-corrected chi connectivity index (χ2v) is 7.80. The van der Waals surface area contributed by atoms with Gasteiger partial charge in [-0.15, -0.1) is 0 Å². The molecule has 164 valence electrons. The number of rotatable bonds is 4. The zero-order valence-corrected chi connectivity index (χ0v) is 17.4. The number of nitrogens with zero attached hydrogens (tertiary/aromatic N) is 2. The predicted octanol–water partition coefficient (Wildman–Crippen LogP) is 0.997. The molecule has 0 atom stereocenters. The number of carbonyl (C=O) groups excluding carboxylic acids is 3. The van der Waals surface area contributed by atoms with Crippen molar-refractivity contribution in [3.63, 3.8) is 0 Å². The molecule has 1 aromatic heterocycles. The molecule has 10 heteroatoms. The lowest BCUT2D eigenvalue weighted by atomic mass is 9.96. The smallest absolute Gasteiger partial charge is 0.328 e. The first kappa shape index (κ1) is 21.0. The number of para-hydroxylation sites is 2. The van der Waals surface area contributed by atoms with E-state index in [-0.39, 0.29) is 16.7 Å². The van der Waals surface area contributed by atoms with E-state index in [9.17, 15) is 24.0 Å². The molecule has 1 aliphatic heterocycles. The number of hydrogen-bond donors (Lipinski definition) is 2. The standard InChI is InChI=1S/C22H20N4O6/c1-22(2)21(31)23-15-9-5-6-10-16(15)26(22)17(27)12-32-18(28)11-25-20(30)14-8-4-3-7-13(14)19(29)24-25/h3-10H,11-12H2,1-2H3,(H,23,31)(H,24,29). The van der Waals surface area contributed by atoms with E-state index in [0.29, 0.717) is 11.4 Å². The first-order chi connectivity index (χ1) is 15.2. The molecule has 2 N–H and O–H groups in total. The number of H-pyrrole nitrogens is 1. The van der Waals surface area contributed by atoms with Gasteiger partial charge in [0.05, 0.1) is 22.1 Å². The van der Waals surface area contributed by atoms with E-state index in [2.05, 4.69) is 10.4 Å². The summed E-state index contributed by atoms with van der Waals surface area (Å²) in [6.07, 6.45) is 0. The molecule has 0 saturated carbocycles. The van der Waals surface area contributed by atoms with Gasteiger partial charge in [0.15, 0.2) is 6.61 Å². The Labute approximate surface area is 181 Å². The molecule has 10 nitrogen and oxygen atoms in total. The van der Waals surface area contributed by atoms with Crippen molar-refractivity contribution in [2.45, 2.75) is 25.9 Å². The number of fused-ring (bicyclic) bond motifs is 2. The number of nitrogens with one attached hydrogen (secondary N) is 2. The maximum atomic E-state index is 12.9. The molecule has 3 aromatic rings. The molecule has 2 heterocycles. The van der Waals surface area contributed by atoms with E-state index in [1.807, 2.05) is 0 Å². The highest BCUT2D eigenvalue weighted by atomic mass is 16.5. The summed E-state index contributed by atoms with van der Waals surface area (Å²) in [5, 5.41) is 5.45. The molecule has 0 unspecified atom stereocenters. The minimum atomic E-state index is -1.21. The molecule has 0 aliphatic carbocycles. The summed E-state index contributed by atoms with van der Waals surface area (Å²) in [6.45, 7) is 1.94. The van der Waals surface area contributed by atoms with Crippen LogP contribution in [-0.4, -0.2) is 39.7 Å². The fourth-order valence-corrected chi connectivity index (χ4v) is 3.64. The molecule has 1 aliphatic rings. The number of anilines is 2. The second kappa shape index (κ2) is 7.80. The average Bonchev–Trinajstić information content (AvgIpc) is 2.76. The second-order valence-electron chi connectivity index (χ2n) is 7.80. The molecule has 0 radical (unpaired) electrons. The largest absolute Gasteiger partial charge is 0.454 e. The molecular formula is C22H20N4O6. The Hall–Kier alpha value is -4.21. The fourth-order valence-electron chi connectivity index (χ4n) is 3.64. The SMILES string of the molecule is CC1(C)C(=O)Nc2ccccc2N1C(=O)COC(=O)Cn1[nH]c(=O)c2ccccc2c1=O. The maximum Gasteiger partial charge on any atom is 0.328 e. The zero-order chi connectivity index (χ0) is 23.0. The summed E-state index contributed by atoms with van der Waals surface area (Å²) >= 11 is 0. The maximum absolute atomic E-state index is 12.9. The minimum absolute atomic E-state index is 0.165. The molecule has 0 fully saturated rings. The third kappa shape index (κ3) is 3.55. The Morgan fingerprint density at radius 3 is 2.38 bits per heavy atom. The van der Waals surface area contributed by atoms with E-state index in [0.717, 1.165) is 4.68 Å². The highest BCUT2D eigenvalue weighted by molar-refractivity contribution is 6.14. The molecule has 32 heavy (non-hydrogen) atoms. The molecule has 0 bridgehead atoms. The van der Waals surface area contributed by atoms with Gasteiger partial charge in [0.25, 0.3) is 17.0 Å². The molecule has 0 spiro atoms. The minimum Gasteiger partial charge on any atom is -0.454 e. The number of aromatic amines is 1. The van der Waals surface area contributed by atoms with E-state index >= 15 is 0 Å². The summed E-state index contributed by atoms with van der Waals surface area (Å²) in [4.78, 5) is 63.7. The topological polar surface area (TPSA) is 131 Å². The number of esters is 1. The number of benzene rings is 2. The van der Waals surface area contributed by atoms with Crippen molar-refractivity contribution in [3.8, 4) is 0 Å². The predicted molar refractivity (Wildman–Crippen MR) is 116 cm³/mol. The van der Waals surface area contributed by atoms with Crippen molar-refractivity contribution >= 4 is 39.9 Å². The van der Waals surface area contributed by atoms with Crippen LogP contribution in [-0.2, 0) is 25.7 Å². The van der Waals surface area contributed by atoms with Gasteiger partial charge >= 0.3 is 5.97 Å². The molecular weight excluding hydrogens is 416 g/mol. The van der Waals surface area contributed by atoms with Crippen molar-refractivity contribution < 1.29 is 19.1 Å². The Kier molecular flexibility index (Phi) is 5.13. The van der Waals surface area contributed by atoms with Gasteiger partial charge in [-0.05, 0) is 38.1 Å². The first-order valence-electron chi connectivity index (χ1n) is 9.81. The number of carbonyl (C=O) groups is 3. The summed E-state index contributed by atoms with van der Waals surface area (Å²) in [5.74, 6) is -1.87. The van der Waals surface area contributed by atoms with Crippen LogP contribution in [0.25, 0.3) is 10.8 Å². The Morgan fingerprint density at radius 2 is 1.62 bits per heavy atom. The van der Waals surface area contributed by atoms with Gasteiger partial charge in [0, 0.05) is 0 Å². The van der Waals surface area contributed by atoms with Crippen LogP contribution in [0.1, 0.15) is 13.8 Å². The Bertz CT molecular complexity index is 1370. The fraction of sp³-hybridized carbons (Fsp3) is 0.227. The van der Waals surface area contributed by atoms with Crippen LogP contribution in [0.3, 0.4) is 0 Å². The summed E-state index contributed by atoms with van der Waals surface area (Å²) < 4.78 is 5.91. The van der Waals surface area contributed by atoms with Crippen LogP contribution in [0, 0.1) is 0 Å². The van der Waals surface area contributed by atoms with Crippen LogP contribution in [0.15, 0.2) is 58.1 Å². The molecule has 2 amide bonds. The monoisotopic (exact) mass is 436 g/mol. The van der Waals surface area contributed by atoms with Gasteiger partial charge in [-0.2, -0.15) is 0 Å².